The first-order chi connectivity index (χ1) is 11.7. The molecule has 0 aliphatic carbocycles. The second kappa shape index (κ2) is 6.63. The van der Waals surface area contributed by atoms with Crippen molar-refractivity contribution >= 4 is 17.5 Å². The molecule has 24 heavy (non-hydrogen) atoms. The van der Waals surface area contributed by atoms with Crippen molar-refractivity contribution in [1.29, 1.82) is 5.26 Å². The van der Waals surface area contributed by atoms with E-state index in [1.807, 2.05) is 30.3 Å². The molecule has 3 aromatic rings. The number of aromatic nitrogens is 1. The Morgan fingerprint density at radius 3 is 2.38 bits per heavy atom. The Kier molecular flexibility index (Phi) is 4.21. The Labute approximate surface area is 138 Å². The summed E-state index contributed by atoms with van der Waals surface area (Å²) in [6, 6.07) is 19.9. The molecule has 116 valence electrons. The number of carboxylic acids is 1. The SMILES string of the molecule is N#Cc1cc(-c2ccccc2)cnc1Nc1ccc(C(=O)O)cc1. The second-order valence-electron chi connectivity index (χ2n) is 5.11. The first kappa shape index (κ1) is 15.3. The van der Waals surface area contributed by atoms with Gasteiger partial charge in [-0.05, 0) is 35.9 Å². The molecular formula is C19H13N3O2. The highest BCUT2D eigenvalue weighted by Crippen LogP contribution is 2.24. The highest BCUT2D eigenvalue weighted by atomic mass is 16.4. The summed E-state index contributed by atoms with van der Waals surface area (Å²) in [5, 5.41) is 21.3. The first-order valence-electron chi connectivity index (χ1n) is 7.23. The van der Waals surface area contributed by atoms with Crippen molar-refractivity contribution in [3.63, 3.8) is 0 Å². The number of benzene rings is 2. The van der Waals surface area contributed by atoms with Gasteiger partial charge in [-0.3, -0.25) is 0 Å². The molecule has 5 nitrogen and oxygen atoms in total. The van der Waals surface area contributed by atoms with Crippen LogP contribution in [-0.4, -0.2) is 16.1 Å². The molecule has 2 N–H and O–H groups in total. The summed E-state index contributed by atoms with van der Waals surface area (Å²) in [5.41, 5.74) is 3.13. The Balaban J connectivity index is 1.89. The van der Waals surface area contributed by atoms with E-state index in [9.17, 15) is 10.1 Å². The minimum absolute atomic E-state index is 0.202. The lowest BCUT2D eigenvalue weighted by Crippen LogP contribution is -1.99. The molecule has 0 unspecified atom stereocenters. The molecule has 1 heterocycles. The van der Waals surface area contributed by atoms with E-state index < -0.39 is 5.97 Å². The van der Waals surface area contributed by atoms with Gasteiger partial charge < -0.3 is 10.4 Å². The maximum Gasteiger partial charge on any atom is 0.335 e. The number of carboxylic acid groups (broad SMARTS) is 1. The van der Waals surface area contributed by atoms with Crippen LogP contribution in [0.15, 0.2) is 66.9 Å². The quantitative estimate of drug-likeness (QED) is 0.758. The van der Waals surface area contributed by atoms with E-state index >= 15 is 0 Å². The highest BCUT2D eigenvalue weighted by molar-refractivity contribution is 5.88. The number of anilines is 2. The molecular weight excluding hydrogens is 302 g/mol. The minimum atomic E-state index is -0.982. The lowest BCUT2D eigenvalue weighted by Gasteiger charge is -2.09. The zero-order valence-corrected chi connectivity index (χ0v) is 12.6. The van der Waals surface area contributed by atoms with Crippen molar-refractivity contribution in [1.82, 2.24) is 4.98 Å². The van der Waals surface area contributed by atoms with Crippen molar-refractivity contribution in [2.45, 2.75) is 0 Å². The molecule has 1 aromatic heterocycles. The first-order valence-corrected chi connectivity index (χ1v) is 7.23. The summed E-state index contributed by atoms with van der Waals surface area (Å²) in [7, 11) is 0. The van der Waals surface area contributed by atoms with E-state index in [0.29, 0.717) is 17.1 Å². The fourth-order valence-electron chi connectivity index (χ4n) is 2.27. The zero-order valence-electron chi connectivity index (χ0n) is 12.6. The molecule has 2 aromatic carbocycles. The summed E-state index contributed by atoms with van der Waals surface area (Å²) < 4.78 is 0. The number of rotatable bonds is 4. The van der Waals surface area contributed by atoms with Gasteiger partial charge in [0, 0.05) is 17.4 Å². The predicted molar refractivity (Wildman–Crippen MR) is 91.1 cm³/mol. The number of carbonyl (C=O) groups is 1. The third kappa shape index (κ3) is 3.23. The van der Waals surface area contributed by atoms with Gasteiger partial charge in [0.25, 0.3) is 0 Å². The second-order valence-corrected chi connectivity index (χ2v) is 5.11. The number of nitriles is 1. The highest BCUT2D eigenvalue weighted by Gasteiger charge is 2.08. The van der Waals surface area contributed by atoms with Crippen molar-refractivity contribution in [2.75, 3.05) is 5.32 Å². The van der Waals surface area contributed by atoms with Crippen LogP contribution in [0.5, 0.6) is 0 Å². The Bertz CT molecular complexity index is 914. The fourth-order valence-corrected chi connectivity index (χ4v) is 2.27. The van der Waals surface area contributed by atoms with Crippen LogP contribution < -0.4 is 5.32 Å². The molecule has 0 aliphatic heterocycles. The van der Waals surface area contributed by atoms with E-state index in [1.54, 1.807) is 24.4 Å². The largest absolute Gasteiger partial charge is 0.478 e. The van der Waals surface area contributed by atoms with Crippen LogP contribution >= 0.6 is 0 Å². The Morgan fingerprint density at radius 2 is 1.75 bits per heavy atom. The van der Waals surface area contributed by atoms with Crippen LogP contribution in [0.25, 0.3) is 11.1 Å². The monoisotopic (exact) mass is 315 g/mol. The molecule has 0 fully saturated rings. The predicted octanol–water partition coefficient (Wildman–Crippen LogP) is 4.06. The van der Waals surface area contributed by atoms with E-state index in [2.05, 4.69) is 16.4 Å². The average molecular weight is 315 g/mol. The smallest absolute Gasteiger partial charge is 0.335 e. The minimum Gasteiger partial charge on any atom is -0.478 e. The van der Waals surface area contributed by atoms with Crippen LogP contribution in [0.1, 0.15) is 15.9 Å². The van der Waals surface area contributed by atoms with Gasteiger partial charge in [0.05, 0.1) is 11.1 Å². The number of nitrogens with zero attached hydrogens (tertiary/aromatic N) is 2. The normalized spacial score (nSPS) is 9.96. The van der Waals surface area contributed by atoms with Crippen LogP contribution in [0.3, 0.4) is 0 Å². The number of nitrogens with one attached hydrogen (secondary N) is 1. The number of hydrogen-bond donors (Lipinski definition) is 2. The molecule has 0 atom stereocenters. The summed E-state index contributed by atoms with van der Waals surface area (Å²) in [5.74, 6) is -0.551. The lowest BCUT2D eigenvalue weighted by molar-refractivity contribution is 0.0697. The van der Waals surface area contributed by atoms with Crippen LogP contribution in [0.4, 0.5) is 11.5 Å². The van der Waals surface area contributed by atoms with Crippen molar-refractivity contribution < 1.29 is 9.90 Å². The molecule has 5 heteroatoms. The standard InChI is InChI=1S/C19H13N3O2/c20-11-15-10-16(13-4-2-1-3-5-13)12-21-18(15)22-17-8-6-14(7-9-17)19(23)24/h1-10,12H,(H,21,22)(H,23,24). The van der Waals surface area contributed by atoms with Gasteiger partial charge in [-0.25, -0.2) is 9.78 Å². The van der Waals surface area contributed by atoms with E-state index in [1.165, 1.54) is 12.1 Å². The van der Waals surface area contributed by atoms with Gasteiger partial charge in [0.15, 0.2) is 0 Å². The maximum atomic E-state index is 10.9. The number of hydrogen-bond acceptors (Lipinski definition) is 4. The molecule has 0 saturated carbocycles. The third-order valence-electron chi connectivity index (χ3n) is 3.51. The fraction of sp³-hybridized carbons (Fsp3) is 0. The van der Waals surface area contributed by atoms with E-state index in [-0.39, 0.29) is 5.56 Å². The van der Waals surface area contributed by atoms with Gasteiger partial charge in [0.1, 0.15) is 11.9 Å². The van der Waals surface area contributed by atoms with Gasteiger partial charge in [-0.2, -0.15) is 5.26 Å². The van der Waals surface area contributed by atoms with Crippen LogP contribution in [0, 0.1) is 11.3 Å². The molecule has 0 spiro atoms. The Morgan fingerprint density at radius 1 is 1.04 bits per heavy atom. The molecule has 0 amide bonds. The van der Waals surface area contributed by atoms with Crippen LogP contribution in [0.2, 0.25) is 0 Å². The summed E-state index contributed by atoms with van der Waals surface area (Å²) in [4.78, 5) is 15.2. The number of pyridine rings is 1. The van der Waals surface area contributed by atoms with Gasteiger partial charge >= 0.3 is 5.97 Å². The van der Waals surface area contributed by atoms with Crippen LogP contribution in [-0.2, 0) is 0 Å². The summed E-state index contributed by atoms with van der Waals surface area (Å²) in [6.45, 7) is 0. The molecule has 0 saturated heterocycles. The third-order valence-corrected chi connectivity index (χ3v) is 3.51. The molecule has 0 aliphatic rings. The van der Waals surface area contributed by atoms with E-state index in [0.717, 1.165) is 11.1 Å². The van der Waals surface area contributed by atoms with Gasteiger partial charge in [-0.1, -0.05) is 30.3 Å². The van der Waals surface area contributed by atoms with E-state index in [4.69, 9.17) is 5.11 Å². The Hall–Kier alpha value is -3.65. The molecule has 3 rings (SSSR count). The van der Waals surface area contributed by atoms with Gasteiger partial charge in [0.2, 0.25) is 0 Å². The van der Waals surface area contributed by atoms with Crippen molar-refractivity contribution in [3.05, 3.63) is 78.0 Å². The maximum absolute atomic E-state index is 10.9. The lowest BCUT2D eigenvalue weighted by atomic mass is 10.1. The number of aromatic carboxylic acids is 1. The zero-order chi connectivity index (χ0) is 16.9. The van der Waals surface area contributed by atoms with Crippen molar-refractivity contribution in [3.8, 4) is 17.2 Å². The van der Waals surface area contributed by atoms with Crippen molar-refractivity contribution in [2.24, 2.45) is 0 Å². The summed E-state index contributed by atoms with van der Waals surface area (Å²) >= 11 is 0. The average Bonchev–Trinajstić information content (AvgIpc) is 2.63. The van der Waals surface area contributed by atoms with Gasteiger partial charge in [-0.15, -0.1) is 0 Å². The molecule has 0 bridgehead atoms. The summed E-state index contributed by atoms with van der Waals surface area (Å²) in [6.07, 6.45) is 1.70. The topological polar surface area (TPSA) is 86.0 Å². The molecule has 0 radical (unpaired) electrons.